The molecule has 0 aliphatic carbocycles. The molecule has 3 heteroatoms. The highest BCUT2D eigenvalue weighted by Gasteiger charge is 2.39. The van der Waals surface area contributed by atoms with Crippen LogP contribution in [0.15, 0.2) is 30.3 Å². The topological polar surface area (TPSA) is 52.3 Å². The van der Waals surface area contributed by atoms with E-state index in [-0.39, 0.29) is 5.97 Å². The van der Waals surface area contributed by atoms with Gasteiger partial charge >= 0.3 is 5.97 Å². The Morgan fingerprint density at radius 3 is 2.42 bits per heavy atom. The van der Waals surface area contributed by atoms with Crippen molar-refractivity contribution in [1.82, 2.24) is 0 Å². The number of carbonyl (C=O) groups excluding carboxylic acids is 1. The van der Waals surface area contributed by atoms with Crippen molar-refractivity contribution in [1.29, 1.82) is 0 Å². The molecule has 19 heavy (non-hydrogen) atoms. The maximum Gasteiger partial charge on any atom is 0.317 e. The van der Waals surface area contributed by atoms with Gasteiger partial charge in [-0.2, -0.15) is 0 Å². The van der Waals surface area contributed by atoms with E-state index < -0.39 is 5.41 Å². The summed E-state index contributed by atoms with van der Waals surface area (Å²) in [6.07, 6.45) is 3.97. The summed E-state index contributed by atoms with van der Waals surface area (Å²) in [6, 6.07) is 9.77. The number of benzene rings is 1. The van der Waals surface area contributed by atoms with Crippen LogP contribution in [-0.2, 0) is 14.9 Å². The molecule has 1 aromatic rings. The van der Waals surface area contributed by atoms with E-state index in [1.807, 2.05) is 37.3 Å². The Balaban J connectivity index is 3.02. The van der Waals surface area contributed by atoms with Crippen molar-refractivity contribution >= 4 is 5.97 Å². The third-order valence-electron chi connectivity index (χ3n) is 3.55. The minimum Gasteiger partial charge on any atom is -0.465 e. The Bertz CT molecular complexity index is 378. The molecule has 3 nitrogen and oxygen atoms in total. The number of rotatable bonds is 8. The average molecular weight is 263 g/mol. The molecule has 2 N–H and O–H groups in total. The second-order valence-corrected chi connectivity index (χ2v) is 4.83. The summed E-state index contributed by atoms with van der Waals surface area (Å²) in [5.41, 5.74) is 6.23. The van der Waals surface area contributed by atoms with E-state index in [0.717, 1.165) is 31.2 Å². The van der Waals surface area contributed by atoms with Crippen molar-refractivity contribution < 1.29 is 9.53 Å². The van der Waals surface area contributed by atoms with Gasteiger partial charge in [-0.1, -0.05) is 56.5 Å². The number of ether oxygens (including phenoxy) is 1. The number of carbonyl (C=O) groups is 1. The number of hydrogen-bond acceptors (Lipinski definition) is 3. The van der Waals surface area contributed by atoms with Gasteiger partial charge in [-0.25, -0.2) is 0 Å². The summed E-state index contributed by atoms with van der Waals surface area (Å²) >= 11 is 0. The maximum absolute atomic E-state index is 12.4. The van der Waals surface area contributed by atoms with Gasteiger partial charge in [-0.3, -0.25) is 4.79 Å². The van der Waals surface area contributed by atoms with Gasteiger partial charge in [-0.05, 0) is 18.9 Å². The number of unbranched alkanes of at least 4 members (excludes halogenated alkanes) is 2. The molecular formula is C16H25NO2. The summed E-state index contributed by atoms with van der Waals surface area (Å²) in [6.45, 7) is 4.66. The van der Waals surface area contributed by atoms with Crippen molar-refractivity contribution in [3.63, 3.8) is 0 Å². The molecule has 0 saturated heterocycles. The zero-order valence-electron chi connectivity index (χ0n) is 12.0. The molecule has 1 rings (SSSR count). The molecule has 0 saturated carbocycles. The van der Waals surface area contributed by atoms with Crippen molar-refractivity contribution in [3.8, 4) is 0 Å². The SMILES string of the molecule is CCCCCC(CN)(C(=O)OCC)c1ccccc1. The molecule has 0 aliphatic heterocycles. The van der Waals surface area contributed by atoms with Gasteiger partial charge in [0.25, 0.3) is 0 Å². The minimum absolute atomic E-state index is 0.195. The zero-order chi connectivity index (χ0) is 14.1. The van der Waals surface area contributed by atoms with Gasteiger partial charge in [0, 0.05) is 6.54 Å². The Kier molecular flexibility index (Phi) is 6.57. The molecule has 1 atom stereocenters. The molecule has 0 fully saturated rings. The van der Waals surface area contributed by atoms with Crippen LogP contribution in [0, 0.1) is 0 Å². The first-order valence-corrected chi connectivity index (χ1v) is 7.14. The maximum atomic E-state index is 12.4. The standard InChI is InChI=1S/C16H25NO2/c1-3-5-9-12-16(13-17,15(18)19-4-2)14-10-7-6-8-11-14/h6-8,10-11H,3-5,9,12-13,17H2,1-2H3. The third kappa shape index (κ3) is 3.80. The lowest BCUT2D eigenvalue weighted by Crippen LogP contribution is -2.44. The van der Waals surface area contributed by atoms with Gasteiger partial charge in [0.2, 0.25) is 0 Å². The van der Waals surface area contributed by atoms with Crippen LogP contribution in [0.3, 0.4) is 0 Å². The molecule has 106 valence electrons. The fourth-order valence-corrected chi connectivity index (χ4v) is 2.37. The van der Waals surface area contributed by atoms with Gasteiger partial charge in [0.05, 0.1) is 6.61 Å². The van der Waals surface area contributed by atoms with Gasteiger partial charge in [0.1, 0.15) is 5.41 Å². The van der Waals surface area contributed by atoms with Crippen LogP contribution in [0.25, 0.3) is 0 Å². The quantitative estimate of drug-likeness (QED) is 0.579. The molecule has 0 aliphatic rings. The van der Waals surface area contributed by atoms with Gasteiger partial charge in [0.15, 0.2) is 0 Å². The van der Waals surface area contributed by atoms with Crippen LogP contribution < -0.4 is 5.73 Å². The van der Waals surface area contributed by atoms with Crippen LogP contribution >= 0.6 is 0 Å². The van der Waals surface area contributed by atoms with Crippen LogP contribution in [-0.4, -0.2) is 19.1 Å². The van der Waals surface area contributed by atoms with E-state index in [4.69, 9.17) is 10.5 Å². The Morgan fingerprint density at radius 1 is 1.21 bits per heavy atom. The van der Waals surface area contributed by atoms with E-state index in [1.54, 1.807) is 0 Å². The Labute approximate surface area is 116 Å². The molecule has 0 aromatic heterocycles. The summed E-state index contributed by atoms with van der Waals surface area (Å²) in [5.74, 6) is -0.195. The van der Waals surface area contributed by atoms with Crippen LogP contribution in [0.4, 0.5) is 0 Å². The first-order valence-electron chi connectivity index (χ1n) is 7.14. The van der Waals surface area contributed by atoms with Gasteiger partial charge in [-0.15, -0.1) is 0 Å². The van der Waals surface area contributed by atoms with E-state index in [1.165, 1.54) is 0 Å². The molecule has 0 radical (unpaired) electrons. The second-order valence-electron chi connectivity index (χ2n) is 4.83. The Hall–Kier alpha value is -1.35. The second kappa shape index (κ2) is 7.95. The zero-order valence-corrected chi connectivity index (χ0v) is 12.0. The number of esters is 1. The highest BCUT2D eigenvalue weighted by atomic mass is 16.5. The molecule has 1 unspecified atom stereocenters. The highest BCUT2D eigenvalue weighted by molar-refractivity contribution is 5.83. The lowest BCUT2D eigenvalue weighted by atomic mass is 9.76. The van der Waals surface area contributed by atoms with Gasteiger partial charge < -0.3 is 10.5 Å². The third-order valence-corrected chi connectivity index (χ3v) is 3.55. The molecule has 0 spiro atoms. The van der Waals surface area contributed by atoms with E-state index in [9.17, 15) is 4.79 Å². The van der Waals surface area contributed by atoms with Crippen molar-refractivity contribution in [2.24, 2.45) is 5.73 Å². The van der Waals surface area contributed by atoms with Crippen molar-refractivity contribution in [3.05, 3.63) is 35.9 Å². The fourth-order valence-electron chi connectivity index (χ4n) is 2.37. The summed E-state index contributed by atoms with van der Waals surface area (Å²) in [5, 5.41) is 0. The molecular weight excluding hydrogens is 238 g/mol. The lowest BCUT2D eigenvalue weighted by molar-refractivity contribution is -0.150. The first-order chi connectivity index (χ1) is 9.21. The Morgan fingerprint density at radius 2 is 1.89 bits per heavy atom. The summed E-state index contributed by atoms with van der Waals surface area (Å²) in [4.78, 5) is 12.4. The number of nitrogens with two attached hydrogens (primary N) is 1. The average Bonchev–Trinajstić information content (AvgIpc) is 2.45. The lowest BCUT2D eigenvalue weighted by Gasteiger charge is -2.30. The monoisotopic (exact) mass is 263 g/mol. The predicted molar refractivity (Wildman–Crippen MR) is 77.9 cm³/mol. The van der Waals surface area contributed by atoms with E-state index >= 15 is 0 Å². The molecule has 1 aromatic carbocycles. The van der Waals surface area contributed by atoms with E-state index in [0.29, 0.717) is 13.2 Å². The van der Waals surface area contributed by atoms with Crippen molar-refractivity contribution in [2.45, 2.75) is 44.9 Å². The smallest absolute Gasteiger partial charge is 0.317 e. The molecule has 0 heterocycles. The van der Waals surface area contributed by atoms with Crippen LogP contribution in [0.1, 0.15) is 45.1 Å². The minimum atomic E-state index is -0.688. The fraction of sp³-hybridized carbons (Fsp3) is 0.562. The molecule has 0 bridgehead atoms. The number of hydrogen-bond donors (Lipinski definition) is 1. The van der Waals surface area contributed by atoms with E-state index in [2.05, 4.69) is 6.92 Å². The van der Waals surface area contributed by atoms with Crippen LogP contribution in [0.5, 0.6) is 0 Å². The van der Waals surface area contributed by atoms with Crippen molar-refractivity contribution in [2.75, 3.05) is 13.2 Å². The molecule has 0 amide bonds. The summed E-state index contributed by atoms with van der Waals surface area (Å²) in [7, 11) is 0. The first kappa shape index (κ1) is 15.7. The van der Waals surface area contributed by atoms with Crippen LogP contribution in [0.2, 0.25) is 0 Å². The normalized spacial score (nSPS) is 13.8. The summed E-state index contributed by atoms with van der Waals surface area (Å²) < 4.78 is 5.26. The largest absolute Gasteiger partial charge is 0.465 e. The highest BCUT2D eigenvalue weighted by Crippen LogP contribution is 2.31. The predicted octanol–water partition coefficient (Wildman–Crippen LogP) is 3.03.